The first-order valence-electron chi connectivity index (χ1n) is 10.9. The van der Waals surface area contributed by atoms with E-state index >= 15 is 0 Å². The van der Waals surface area contributed by atoms with Gasteiger partial charge in [-0.05, 0) is 74.4 Å². The molecule has 1 aliphatic heterocycles. The molecule has 4 rings (SSSR count). The highest BCUT2D eigenvalue weighted by molar-refractivity contribution is 5.84. The molecule has 3 atom stereocenters. The van der Waals surface area contributed by atoms with Gasteiger partial charge >= 0.3 is 0 Å². The molecule has 0 aliphatic carbocycles. The number of nitrogens with one attached hydrogen (secondary N) is 1. The Kier molecular flexibility index (Phi) is 5.74. The molecule has 0 radical (unpaired) electrons. The fraction of sp³-hybridized carbons (Fsp3) is 0.480. The van der Waals surface area contributed by atoms with Crippen LogP contribution in [-0.4, -0.2) is 35.9 Å². The van der Waals surface area contributed by atoms with Gasteiger partial charge in [-0.3, -0.25) is 0 Å². The molecule has 2 aromatic carbocycles. The van der Waals surface area contributed by atoms with Gasteiger partial charge in [-0.2, -0.15) is 0 Å². The normalized spacial score (nSPS) is 21.7. The van der Waals surface area contributed by atoms with Crippen LogP contribution in [0.15, 0.2) is 30.3 Å². The van der Waals surface area contributed by atoms with Gasteiger partial charge in [-0.15, -0.1) is 0 Å². The highest BCUT2D eigenvalue weighted by atomic mass is 16.5. The van der Waals surface area contributed by atoms with E-state index in [0.717, 1.165) is 22.7 Å². The Morgan fingerprint density at radius 3 is 2.57 bits per heavy atom. The molecule has 1 aromatic heterocycles. The van der Waals surface area contributed by atoms with Crippen LogP contribution in [0, 0.1) is 6.92 Å². The van der Waals surface area contributed by atoms with Gasteiger partial charge in [0.05, 0.1) is 25.3 Å². The summed E-state index contributed by atoms with van der Waals surface area (Å²) in [5, 5.41) is 3.73. The number of nitrogens with zero attached hydrogens (tertiary/aromatic N) is 2. The summed E-state index contributed by atoms with van der Waals surface area (Å²) in [5.41, 5.74) is 5.96. The monoisotopic (exact) mass is 407 g/mol. The molecular weight excluding hydrogens is 374 g/mol. The molecule has 1 fully saturated rings. The van der Waals surface area contributed by atoms with Crippen molar-refractivity contribution < 1.29 is 9.47 Å². The Morgan fingerprint density at radius 2 is 1.87 bits per heavy atom. The van der Waals surface area contributed by atoms with Crippen molar-refractivity contribution in [2.45, 2.75) is 58.0 Å². The molecule has 0 bridgehead atoms. The molecule has 2 heterocycles. The number of ether oxygens (including phenoxy) is 2. The van der Waals surface area contributed by atoms with Crippen molar-refractivity contribution in [3.8, 4) is 22.9 Å². The van der Waals surface area contributed by atoms with Crippen LogP contribution in [-0.2, 0) is 7.05 Å². The summed E-state index contributed by atoms with van der Waals surface area (Å²) in [6, 6.07) is 11.8. The van der Waals surface area contributed by atoms with Crippen LogP contribution in [0.2, 0.25) is 0 Å². The van der Waals surface area contributed by atoms with Crippen molar-refractivity contribution >= 4 is 11.0 Å². The predicted octanol–water partition coefficient (Wildman–Crippen LogP) is 5.20. The molecule has 0 saturated carbocycles. The minimum absolute atomic E-state index is 0.554. The van der Waals surface area contributed by atoms with Gasteiger partial charge in [0.1, 0.15) is 5.82 Å². The third-order valence-electron chi connectivity index (χ3n) is 6.53. The van der Waals surface area contributed by atoms with E-state index < -0.39 is 0 Å². The van der Waals surface area contributed by atoms with E-state index in [1.54, 1.807) is 14.2 Å². The summed E-state index contributed by atoms with van der Waals surface area (Å²) < 4.78 is 13.1. The number of fused-ring (bicyclic) bond motifs is 1. The predicted molar refractivity (Wildman–Crippen MR) is 123 cm³/mol. The molecule has 0 spiro atoms. The summed E-state index contributed by atoms with van der Waals surface area (Å²) in [6.07, 6.45) is 3.56. The Labute approximate surface area is 179 Å². The minimum atomic E-state index is 0.554. The zero-order valence-electron chi connectivity index (χ0n) is 19.0. The molecule has 1 N–H and O–H groups in total. The number of hydrogen-bond donors (Lipinski definition) is 1. The largest absolute Gasteiger partial charge is 0.493 e. The summed E-state index contributed by atoms with van der Waals surface area (Å²) in [4.78, 5) is 5.00. The lowest BCUT2D eigenvalue weighted by molar-refractivity contribution is 0.297. The molecule has 1 saturated heterocycles. The summed E-state index contributed by atoms with van der Waals surface area (Å²) in [6.45, 7) is 6.76. The van der Waals surface area contributed by atoms with Gasteiger partial charge < -0.3 is 19.4 Å². The van der Waals surface area contributed by atoms with Crippen molar-refractivity contribution in [1.29, 1.82) is 0 Å². The minimum Gasteiger partial charge on any atom is -0.493 e. The topological polar surface area (TPSA) is 48.3 Å². The second-order valence-electron chi connectivity index (χ2n) is 8.61. The Balaban J connectivity index is 1.77. The zero-order chi connectivity index (χ0) is 21.4. The van der Waals surface area contributed by atoms with Crippen LogP contribution in [0.5, 0.6) is 11.5 Å². The third-order valence-corrected chi connectivity index (χ3v) is 6.53. The van der Waals surface area contributed by atoms with Crippen molar-refractivity contribution in [3.05, 3.63) is 41.5 Å². The first kappa shape index (κ1) is 20.7. The Morgan fingerprint density at radius 1 is 1.10 bits per heavy atom. The smallest absolute Gasteiger partial charge is 0.161 e. The molecule has 30 heavy (non-hydrogen) atoms. The number of rotatable bonds is 5. The SMILES string of the molecule is CCC1CC(c2cc(C)c3nc(-c4ccc(OC)c(OC)c4)n(C)c3c2)CC(C)N1. The maximum atomic E-state index is 5.50. The van der Waals surface area contributed by atoms with Crippen LogP contribution in [0.4, 0.5) is 0 Å². The molecule has 3 unspecified atom stereocenters. The van der Waals surface area contributed by atoms with Gasteiger partial charge in [-0.1, -0.05) is 13.0 Å². The lowest BCUT2D eigenvalue weighted by atomic mass is 9.82. The molecule has 1 aliphatic rings. The number of aromatic nitrogens is 2. The van der Waals surface area contributed by atoms with Crippen LogP contribution in [0.3, 0.4) is 0 Å². The van der Waals surface area contributed by atoms with Crippen molar-refractivity contribution in [3.63, 3.8) is 0 Å². The Bertz CT molecular complexity index is 1060. The lowest BCUT2D eigenvalue weighted by Gasteiger charge is -2.34. The lowest BCUT2D eigenvalue weighted by Crippen LogP contribution is -2.42. The average molecular weight is 408 g/mol. The van der Waals surface area contributed by atoms with E-state index in [9.17, 15) is 0 Å². The number of aryl methyl sites for hydroxylation is 2. The molecule has 160 valence electrons. The van der Waals surface area contributed by atoms with Gasteiger partial charge in [0.2, 0.25) is 0 Å². The van der Waals surface area contributed by atoms with E-state index in [0.29, 0.717) is 23.8 Å². The van der Waals surface area contributed by atoms with E-state index in [1.165, 1.54) is 35.9 Å². The first-order chi connectivity index (χ1) is 14.4. The number of methoxy groups -OCH3 is 2. The summed E-state index contributed by atoms with van der Waals surface area (Å²) in [7, 11) is 5.42. The summed E-state index contributed by atoms with van der Waals surface area (Å²) >= 11 is 0. The van der Waals surface area contributed by atoms with Crippen LogP contribution in [0.25, 0.3) is 22.4 Å². The van der Waals surface area contributed by atoms with E-state index in [2.05, 4.69) is 49.8 Å². The molecular formula is C25H33N3O2. The number of piperidine rings is 1. The molecule has 3 aromatic rings. The van der Waals surface area contributed by atoms with E-state index in [4.69, 9.17) is 14.5 Å². The highest BCUT2D eigenvalue weighted by Gasteiger charge is 2.27. The zero-order valence-corrected chi connectivity index (χ0v) is 19.0. The second-order valence-corrected chi connectivity index (χ2v) is 8.61. The van der Waals surface area contributed by atoms with Crippen molar-refractivity contribution in [2.24, 2.45) is 7.05 Å². The standard InChI is InChI=1S/C25H33N3O2/c1-7-20-12-19(11-16(3)26-20)18-10-15(2)24-21(13-18)28(4)25(27-24)17-8-9-22(29-5)23(14-17)30-6/h8-10,13-14,16,19-20,26H,7,11-12H2,1-6H3. The van der Waals surface area contributed by atoms with Gasteiger partial charge in [0.25, 0.3) is 0 Å². The van der Waals surface area contributed by atoms with Crippen LogP contribution >= 0.6 is 0 Å². The Hall–Kier alpha value is -2.53. The number of benzene rings is 2. The number of imidazole rings is 1. The van der Waals surface area contributed by atoms with E-state index in [1.807, 2.05) is 18.2 Å². The first-order valence-corrected chi connectivity index (χ1v) is 10.9. The van der Waals surface area contributed by atoms with Crippen LogP contribution < -0.4 is 14.8 Å². The fourth-order valence-electron chi connectivity index (χ4n) is 4.92. The van der Waals surface area contributed by atoms with E-state index in [-0.39, 0.29) is 0 Å². The van der Waals surface area contributed by atoms with Crippen molar-refractivity contribution in [2.75, 3.05) is 14.2 Å². The maximum Gasteiger partial charge on any atom is 0.161 e. The van der Waals surface area contributed by atoms with Gasteiger partial charge in [0, 0.05) is 24.7 Å². The molecule has 5 nitrogen and oxygen atoms in total. The summed E-state index contributed by atoms with van der Waals surface area (Å²) in [5.74, 6) is 2.97. The fourth-order valence-corrected chi connectivity index (χ4v) is 4.92. The second kappa shape index (κ2) is 8.31. The van der Waals surface area contributed by atoms with Crippen LogP contribution in [0.1, 0.15) is 50.2 Å². The maximum absolute atomic E-state index is 5.50. The average Bonchev–Trinajstić information content (AvgIpc) is 3.09. The third kappa shape index (κ3) is 3.67. The van der Waals surface area contributed by atoms with Gasteiger partial charge in [-0.25, -0.2) is 4.98 Å². The number of hydrogen-bond acceptors (Lipinski definition) is 4. The highest BCUT2D eigenvalue weighted by Crippen LogP contribution is 2.37. The van der Waals surface area contributed by atoms with Crippen molar-refractivity contribution in [1.82, 2.24) is 14.9 Å². The molecule has 0 amide bonds. The quantitative estimate of drug-likeness (QED) is 0.631. The van der Waals surface area contributed by atoms with Gasteiger partial charge in [0.15, 0.2) is 11.5 Å². The molecule has 5 heteroatoms.